The maximum Gasteiger partial charge on any atom is 0.335 e. The standard InChI is InChI=1S/C14H12N2O2/c1-10-3-2-4-13(16-10)9-15-12-7-5-11(6-8-12)14(17)18/h2-9H,1H3,(H,17,18). The molecular weight excluding hydrogens is 228 g/mol. The lowest BCUT2D eigenvalue weighted by molar-refractivity contribution is 0.0697. The van der Waals surface area contributed by atoms with Crippen molar-refractivity contribution >= 4 is 17.9 Å². The van der Waals surface area contributed by atoms with Crippen LogP contribution in [0.1, 0.15) is 21.7 Å². The van der Waals surface area contributed by atoms with Gasteiger partial charge >= 0.3 is 5.97 Å². The number of hydrogen-bond donors (Lipinski definition) is 1. The Morgan fingerprint density at radius 3 is 2.56 bits per heavy atom. The largest absolute Gasteiger partial charge is 0.478 e. The van der Waals surface area contributed by atoms with Crippen molar-refractivity contribution in [3.05, 3.63) is 59.4 Å². The smallest absolute Gasteiger partial charge is 0.335 e. The van der Waals surface area contributed by atoms with E-state index in [2.05, 4.69) is 9.98 Å². The van der Waals surface area contributed by atoms with Crippen LogP contribution in [0.25, 0.3) is 0 Å². The van der Waals surface area contributed by atoms with Crippen molar-refractivity contribution in [1.29, 1.82) is 0 Å². The third-order valence-corrected chi connectivity index (χ3v) is 2.37. The number of aromatic carboxylic acids is 1. The molecule has 0 amide bonds. The molecule has 0 fully saturated rings. The number of nitrogens with zero attached hydrogens (tertiary/aromatic N) is 2. The highest BCUT2D eigenvalue weighted by atomic mass is 16.4. The number of aliphatic imine (C=N–C) groups is 1. The molecule has 0 bridgehead atoms. The minimum atomic E-state index is -0.939. The van der Waals surface area contributed by atoms with Gasteiger partial charge in [-0.05, 0) is 43.3 Å². The Hall–Kier alpha value is -2.49. The first-order valence-electron chi connectivity index (χ1n) is 5.46. The van der Waals surface area contributed by atoms with Crippen LogP contribution in [-0.4, -0.2) is 22.3 Å². The number of aryl methyl sites for hydroxylation is 1. The van der Waals surface area contributed by atoms with Crippen LogP contribution in [0.3, 0.4) is 0 Å². The number of hydrogen-bond acceptors (Lipinski definition) is 3. The van der Waals surface area contributed by atoms with Gasteiger partial charge in [-0.15, -0.1) is 0 Å². The Kier molecular flexibility index (Phi) is 3.48. The van der Waals surface area contributed by atoms with E-state index in [1.807, 2.05) is 25.1 Å². The van der Waals surface area contributed by atoms with Crippen molar-refractivity contribution in [2.45, 2.75) is 6.92 Å². The summed E-state index contributed by atoms with van der Waals surface area (Å²) in [5.74, 6) is -0.939. The van der Waals surface area contributed by atoms with E-state index < -0.39 is 5.97 Å². The normalized spacial score (nSPS) is 10.7. The summed E-state index contributed by atoms with van der Waals surface area (Å²) in [7, 11) is 0. The van der Waals surface area contributed by atoms with E-state index in [0.29, 0.717) is 5.69 Å². The molecule has 18 heavy (non-hydrogen) atoms. The molecule has 4 nitrogen and oxygen atoms in total. The Bertz CT molecular complexity index is 589. The molecule has 0 saturated carbocycles. The van der Waals surface area contributed by atoms with Crippen LogP contribution >= 0.6 is 0 Å². The van der Waals surface area contributed by atoms with Crippen LogP contribution in [0.15, 0.2) is 47.5 Å². The minimum Gasteiger partial charge on any atom is -0.478 e. The van der Waals surface area contributed by atoms with Crippen LogP contribution in [0.5, 0.6) is 0 Å². The van der Waals surface area contributed by atoms with E-state index in [1.165, 1.54) is 12.1 Å². The molecule has 0 atom stereocenters. The number of aromatic nitrogens is 1. The molecule has 2 rings (SSSR count). The van der Waals surface area contributed by atoms with E-state index in [-0.39, 0.29) is 5.56 Å². The molecule has 0 radical (unpaired) electrons. The summed E-state index contributed by atoms with van der Waals surface area (Å²) in [6, 6.07) is 12.1. The van der Waals surface area contributed by atoms with Gasteiger partial charge in [0.05, 0.1) is 23.2 Å². The fourth-order valence-electron chi connectivity index (χ4n) is 1.47. The van der Waals surface area contributed by atoms with E-state index in [0.717, 1.165) is 11.4 Å². The highest BCUT2D eigenvalue weighted by Crippen LogP contribution is 2.13. The molecule has 0 aliphatic rings. The second-order valence-corrected chi connectivity index (χ2v) is 3.81. The maximum atomic E-state index is 10.7. The van der Waals surface area contributed by atoms with Gasteiger partial charge in [0.25, 0.3) is 0 Å². The zero-order valence-electron chi connectivity index (χ0n) is 9.87. The van der Waals surface area contributed by atoms with Gasteiger partial charge in [-0.2, -0.15) is 0 Å². The molecule has 0 aliphatic heterocycles. The molecule has 0 aliphatic carbocycles. The van der Waals surface area contributed by atoms with Gasteiger partial charge in [0.2, 0.25) is 0 Å². The molecule has 90 valence electrons. The van der Waals surface area contributed by atoms with Crippen molar-refractivity contribution in [2.24, 2.45) is 4.99 Å². The Morgan fingerprint density at radius 2 is 1.94 bits per heavy atom. The summed E-state index contributed by atoms with van der Waals surface area (Å²) in [5, 5.41) is 8.77. The highest BCUT2D eigenvalue weighted by molar-refractivity contribution is 5.88. The second kappa shape index (κ2) is 5.23. The van der Waals surface area contributed by atoms with E-state index >= 15 is 0 Å². The SMILES string of the molecule is Cc1cccc(C=Nc2ccc(C(=O)O)cc2)n1. The van der Waals surface area contributed by atoms with Crippen molar-refractivity contribution in [2.75, 3.05) is 0 Å². The lowest BCUT2D eigenvalue weighted by atomic mass is 10.2. The zero-order valence-corrected chi connectivity index (χ0v) is 9.87. The minimum absolute atomic E-state index is 0.252. The number of benzene rings is 1. The Morgan fingerprint density at radius 1 is 1.22 bits per heavy atom. The summed E-state index contributed by atoms with van der Waals surface area (Å²) in [4.78, 5) is 19.2. The number of rotatable bonds is 3. The molecule has 1 N–H and O–H groups in total. The lowest BCUT2D eigenvalue weighted by Gasteiger charge is -1.96. The number of pyridine rings is 1. The van der Waals surface area contributed by atoms with Crippen LogP contribution in [-0.2, 0) is 0 Å². The average molecular weight is 240 g/mol. The van der Waals surface area contributed by atoms with Crippen molar-refractivity contribution in [3.63, 3.8) is 0 Å². The van der Waals surface area contributed by atoms with Crippen molar-refractivity contribution in [3.8, 4) is 0 Å². The second-order valence-electron chi connectivity index (χ2n) is 3.81. The summed E-state index contributed by atoms with van der Waals surface area (Å²) in [6.07, 6.45) is 1.66. The first-order chi connectivity index (χ1) is 8.65. The van der Waals surface area contributed by atoms with Crippen LogP contribution < -0.4 is 0 Å². The van der Waals surface area contributed by atoms with Gasteiger partial charge < -0.3 is 5.11 Å². The van der Waals surface area contributed by atoms with Crippen LogP contribution in [0.4, 0.5) is 5.69 Å². The third kappa shape index (κ3) is 3.01. The van der Waals surface area contributed by atoms with Gasteiger partial charge in [-0.3, -0.25) is 9.98 Å². The first kappa shape index (κ1) is 12.0. The molecule has 0 spiro atoms. The van der Waals surface area contributed by atoms with Gasteiger partial charge in [-0.1, -0.05) is 6.07 Å². The van der Waals surface area contributed by atoms with E-state index in [4.69, 9.17) is 5.11 Å². The summed E-state index contributed by atoms with van der Waals surface area (Å²) in [5.41, 5.74) is 2.66. The molecule has 2 aromatic rings. The number of carboxylic acid groups (broad SMARTS) is 1. The quantitative estimate of drug-likeness (QED) is 0.839. The molecule has 1 aromatic heterocycles. The van der Waals surface area contributed by atoms with Crippen LogP contribution in [0.2, 0.25) is 0 Å². The topological polar surface area (TPSA) is 62.5 Å². The fraction of sp³-hybridized carbons (Fsp3) is 0.0714. The fourth-order valence-corrected chi connectivity index (χ4v) is 1.47. The van der Waals surface area contributed by atoms with Gasteiger partial charge in [0, 0.05) is 5.69 Å². The van der Waals surface area contributed by atoms with E-state index in [1.54, 1.807) is 18.3 Å². The number of carboxylic acids is 1. The van der Waals surface area contributed by atoms with E-state index in [9.17, 15) is 4.79 Å². The van der Waals surface area contributed by atoms with Gasteiger partial charge in [0.1, 0.15) is 0 Å². The lowest BCUT2D eigenvalue weighted by Crippen LogP contribution is -1.94. The molecule has 1 aromatic carbocycles. The van der Waals surface area contributed by atoms with Crippen LogP contribution in [0, 0.1) is 6.92 Å². The predicted octanol–water partition coefficient (Wildman–Crippen LogP) is 2.84. The zero-order chi connectivity index (χ0) is 13.0. The molecular formula is C14H12N2O2. The molecule has 0 unspecified atom stereocenters. The monoisotopic (exact) mass is 240 g/mol. The average Bonchev–Trinajstić information content (AvgIpc) is 2.37. The number of carbonyl (C=O) groups is 1. The summed E-state index contributed by atoms with van der Waals surface area (Å²) < 4.78 is 0. The molecule has 4 heteroatoms. The summed E-state index contributed by atoms with van der Waals surface area (Å²) in [6.45, 7) is 1.92. The first-order valence-corrected chi connectivity index (χ1v) is 5.46. The predicted molar refractivity (Wildman–Crippen MR) is 69.6 cm³/mol. The molecule has 1 heterocycles. The molecule has 0 saturated heterocycles. The maximum absolute atomic E-state index is 10.7. The van der Waals surface area contributed by atoms with Gasteiger partial charge in [-0.25, -0.2) is 4.79 Å². The Balaban J connectivity index is 2.16. The van der Waals surface area contributed by atoms with Crippen molar-refractivity contribution in [1.82, 2.24) is 4.98 Å². The van der Waals surface area contributed by atoms with Crippen molar-refractivity contribution < 1.29 is 9.90 Å². The third-order valence-electron chi connectivity index (χ3n) is 2.37. The Labute approximate surface area is 105 Å². The summed E-state index contributed by atoms with van der Waals surface area (Å²) >= 11 is 0. The highest BCUT2D eigenvalue weighted by Gasteiger charge is 2.00. The van der Waals surface area contributed by atoms with Gasteiger partial charge in [0.15, 0.2) is 0 Å².